The van der Waals surface area contributed by atoms with E-state index >= 15 is 0 Å². The third-order valence-electron chi connectivity index (χ3n) is 2.25. The van der Waals surface area contributed by atoms with Gasteiger partial charge in [-0.3, -0.25) is 0 Å². The van der Waals surface area contributed by atoms with Gasteiger partial charge in [-0.2, -0.15) is 0 Å². The maximum Gasteiger partial charge on any atom is 0.0871 e. The molecule has 78 valence electrons. The van der Waals surface area contributed by atoms with Gasteiger partial charge in [-0.1, -0.05) is 37.6 Å². The first-order valence-corrected chi connectivity index (χ1v) is 5.28. The molecular weight excluding hydrogens is 196 g/mol. The van der Waals surface area contributed by atoms with Crippen LogP contribution in [0.15, 0.2) is 24.3 Å². The summed E-state index contributed by atoms with van der Waals surface area (Å²) in [6, 6.07) is 7.42. The number of hydrogen-bond acceptors (Lipinski definition) is 1. The molecule has 0 aliphatic rings. The molecule has 2 heteroatoms. The summed E-state index contributed by atoms with van der Waals surface area (Å²) in [4.78, 5) is 0. The van der Waals surface area contributed by atoms with E-state index in [1.165, 1.54) is 0 Å². The third kappa shape index (κ3) is 3.00. The fourth-order valence-electron chi connectivity index (χ4n) is 1.74. The average Bonchev–Trinajstić information content (AvgIpc) is 2.01. The van der Waals surface area contributed by atoms with E-state index in [1.54, 1.807) is 0 Å². The first kappa shape index (κ1) is 11.5. The van der Waals surface area contributed by atoms with Crippen LogP contribution in [0.1, 0.15) is 32.8 Å². The van der Waals surface area contributed by atoms with Crippen LogP contribution < -0.4 is 0 Å². The Hall–Kier alpha value is -0.530. The van der Waals surface area contributed by atoms with Crippen LogP contribution in [0.2, 0.25) is 5.02 Å². The first-order chi connectivity index (χ1) is 6.42. The predicted octanol–water partition coefficient (Wildman–Crippen LogP) is 3.59. The smallest absolute Gasteiger partial charge is 0.0871 e. The zero-order chi connectivity index (χ0) is 10.8. The number of rotatable bonds is 3. The molecule has 0 spiro atoms. The predicted molar refractivity (Wildman–Crippen MR) is 60.5 cm³/mol. The number of benzene rings is 1. The summed E-state index contributed by atoms with van der Waals surface area (Å²) in [6.45, 7) is 6.02. The quantitative estimate of drug-likeness (QED) is 0.812. The highest BCUT2D eigenvalue weighted by Gasteiger charge is 2.24. The highest BCUT2D eigenvalue weighted by molar-refractivity contribution is 6.30. The lowest BCUT2D eigenvalue weighted by atomic mass is 9.87. The molecule has 0 radical (unpaired) electrons. The highest BCUT2D eigenvalue weighted by atomic mass is 35.5. The van der Waals surface area contributed by atoms with E-state index < -0.39 is 5.60 Å². The Bertz CT molecular complexity index is 305. The SMILES string of the molecule is CC(C)CC(C)(O)c1cccc(Cl)c1. The Labute approximate surface area is 90.7 Å². The summed E-state index contributed by atoms with van der Waals surface area (Å²) in [6.07, 6.45) is 0.743. The Balaban J connectivity index is 2.91. The second-order valence-corrected chi connectivity index (χ2v) is 4.82. The molecule has 0 saturated carbocycles. The van der Waals surface area contributed by atoms with Crippen molar-refractivity contribution in [3.05, 3.63) is 34.9 Å². The summed E-state index contributed by atoms with van der Waals surface area (Å²) < 4.78 is 0. The summed E-state index contributed by atoms with van der Waals surface area (Å²) in [5, 5.41) is 10.9. The molecule has 1 aromatic carbocycles. The van der Waals surface area contributed by atoms with Crippen molar-refractivity contribution in [3.63, 3.8) is 0 Å². The fraction of sp³-hybridized carbons (Fsp3) is 0.500. The van der Waals surface area contributed by atoms with Gasteiger partial charge < -0.3 is 5.11 Å². The molecule has 1 N–H and O–H groups in total. The van der Waals surface area contributed by atoms with Crippen molar-refractivity contribution in [1.82, 2.24) is 0 Å². The van der Waals surface area contributed by atoms with Gasteiger partial charge in [0.25, 0.3) is 0 Å². The maximum atomic E-state index is 10.2. The lowest BCUT2D eigenvalue weighted by Crippen LogP contribution is -2.23. The molecule has 0 fully saturated rings. The molecule has 0 aliphatic heterocycles. The van der Waals surface area contributed by atoms with Crippen molar-refractivity contribution in [3.8, 4) is 0 Å². The highest BCUT2D eigenvalue weighted by Crippen LogP contribution is 2.29. The number of halogens is 1. The lowest BCUT2D eigenvalue weighted by molar-refractivity contribution is 0.0349. The van der Waals surface area contributed by atoms with Crippen molar-refractivity contribution in [2.24, 2.45) is 5.92 Å². The van der Waals surface area contributed by atoms with Crippen LogP contribution >= 0.6 is 11.6 Å². The molecule has 0 aliphatic carbocycles. The minimum Gasteiger partial charge on any atom is -0.385 e. The topological polar surface area (TPSA) is 20.2 Å². The van der Waals surface area contributed by atoms with Gasteiger partial charge in [0.2, 0.25) is 0 Å². The van der Waals surface area contributed by atoms with Gasteiger partial charge in [0, 0.05) is 5.02 Å². The summed E-state index contributed by atoms with van der Waals surface area (Å²) >= 11 is 5.88. The molecule has 0 aromatic heterocycles. The second-order valence-electron chi connectivity index (χ2n) is 4.38. The molecule has 1 rings (SSSR count). The lowest BCUT2D eigenvalue weighted by Gasteiger charge is -2.26. The van der Waals surface area contributed by atoms with E-state index in [0.29, 0.717) is 10.9 Å². The van der Waals surface area contributed by atoms with Crippen LogP contribution in [0, 0.1) is 5.92 Å². The molecule has 1 nitrogen and oxygen atoms in total. The molecule has 0 bridgehead atoms. The molecule has 1 atom stereocenters. The minimum absolute atomic E-state index is 0.462. The van der Waals surface area contributed by atoms with Crippen molar-refractivity contribution in [2.45, 2.75) is 32.8 Å². The molecule has 0 amide bonds. The second kappa shape index (κ2) is 4.33. The Morgan fingerprint density at radius 2 is 2.07 bits per heavy atom. The first-order valence-electron chi connectivity index (χ1n) is 4.90. The number of hydrogen-bond donors (Lipinski definition) is 1. The third-order valence-corrected chi connectivity index (χ3v) is 2.49. The van der Waals surface area contributed by atoms with Gasteiger partial charge in [0.15, 0.2) is 0 Å². The van der Waals surface area contributed by atoms with Gasteiger partial charge >= 0.3 is 0 Å². The van der Waals surface area contributed by atoms with Gasteiger partial charge in [-0.25, -0.2) is 0 Å². The van der Waals surface area contributed by atoms with Crippen molar-refractivity contribution in [2.75, 3.05) is 0 Å². The normalized spacial score (nSPS) is 15.6. The Kier molecular flexibility index (Phi) is 3.57. The molecule has 1 aromatic rings. The van der Waals surface area contributed by atoms with E-state index in [4.69, 9.17) is 11.6 Å². The van der Waals surface area contributed by atoms with Crippen molar-refractivity contribution < 1.29 is 5.11 Å². The molecule has 1 unspecified atom stereocenters. The molecule has 0 heterocycles. The van der Waals surface area contributed by atoms with Gasteiger partial charge in [0.05, 0.1) is 5.60 Å². The molecular formula is C12H17ClO. The summed E-state index contributed by atoms with van der Waals surface area (Å²) in [5.74, 6) is 0.462. The molecule has 14 heavy (non-hydrogen) atoms. The largest absolute Gasteiger partial charge is 0.385 e. The van der Waals surface area contributed by atoms with Crippen molar-refractivity contribution >= 4 is 11.6 Å². The van der Waals surface area contributed by atoms with Crippen LogP contribution in [-0.2, 0) is 5.60 Å². The van der Waals surface area contributed by atoms with E-state index in [1.807, 2.05) is 31.2 Å². The van der Waals surface area contributed by atoms with Gasteiger partial charge in [0.1, 0.15) is 0 Å². The molecule has 0 saturated heterocycles. The van der Waals surface area contributed by atoms with E-state index in [2.05, 4.69) is 13.8 Å². The van der Waals surface area contributed by atoms with Crippen LogP contribution in [0.25, 0.3) is 0 Å². The van der Waals surface area contributed by atoms with Gasteiger partial charge in [-0.05, 0) is 37.0 Å². The van der Waals surface area contributed by atoms with Crippen LogP contribution in [0.3, 0.4) is 0 Å². The summed E-state index contributed by atoms with van der Waals surface area (Å²) in [5.41, 5.74) is 0.109. The zero-order valence-corrected chi connectivity index (χ0v) is 9.67. The summed E-state index contributed by atoms with van der Waals surface area (Å²) in [7, 11) is 0. The van der Waals surface area contributed by atoms with E-state index in [-0.39, 0.29) is 0 Å². The average molecular weight is 213 g/mol. The van der Waals surface area contributed by atoms with Crippen LogP contribution in [-0.4, -0.2) is 5.11 Å². The van der Waals surface area contributed by atoms with E-state index in [0.717, 1.165) is 12.0 Å². The van der Waals surface area contributed by atoms with Gasteiger partial charge in [-0.15, -0.1) is 0 Å². The van der Waals surface area contributed by atoms with E-state index in [9.17, 15) is 5.11 Å². The monoisotopic (exact) mass is 212 g/mol. The van der Waals surface area contributed by atoms with Crippen molar-refractivity contribution in [1.29, 1.82) is 0 Å². The fourth-order valence-corrected chi connectivity index (χ4v) is 1.93. The van der Waals surface area contributed by atoms with Crippen LogP contribution in [0.5, 0.6) is 0 Å². The Morgan fingerprint density at radius 3 is 2.57 bits per heavy atom. The Morgan fingerprint density at radius 1 is 1.43 bits per heavy atom. The zero-order valence-electron chi connectivity index (χ0n) is 8.92. The minimum atomic E-state index is -0.779. The van der Waals surface area contributed by atoms with Crippen LogP contribution in [0.4, 0.5) is 0 Å². The number of aliphatic hydroxyl groups is 1. The maximum absolute atomic E-state index is 10.2. The standard InChI is InChI=1S/C12H17ClO/c1-9(2)8-12(3,14)10-5-4-6-11(13)7-10/h4-7,9,14H,8H2,1-3H3.